The highest BCUT2D eigenvalue weighted by molar-refractivity contribution is 5.87. The molecule has 0 aliphatic carbocycles. The lowest BCUT2D eigenvalue weighted by atomic mass is 10.2. The lowest BCUT2D eigenvalue weighted by Gasteiger charge is -2.07. The number of nitrogens with zero attached hydrogens (tertiary/aromatic N) is 3. The number of aromatic amines is 1. The zero-order chi connectivity index (χ0) is 16.8. The van der Waals surface area contributed by atoms with Gasteiger partial charge in [0, 0.05) is 31.2 Å². The third-order valence-corrected chi connectivity index (χ3v) is 3.11. The standard InChI is InChI=1S/C16H14N6O2/c23-14-6-8-18-15(21-14)22-16(24)20-10-11-4-5-13(19-9-11)12-3-1-2-7-17-12/h1-9H,10H2,(H3,18,20,21,22,23,24). The average Bonchev–Trinajstić information content (AvgIpc) is 2.61. The lowest BCUT2D eigenvalue weighted by molar-refractivity contribution is 0.251. The van der Waals surface area contributed by atoms with Crippen LogP contribution in [0, 0.1) is 0 Å². The summed E-state index contributed by atoms with van der Waals surface area (Å²) in [5, 5.41) is 5.10. The first-order valence-electron chi connectivity index (χ1n) is 7.17. The van der Waals surface area contributed by atoms with E-state index in [4.69, 9.17) is 0 Å². The van der Waals surface area contributed by atoms with Crippen molar-refractivity contribution in [2.24, 2.45) is 0 Å². The number of carbonyl (C=O) groups excluding carboxylic acids is 1. The maximum Gasteiger partial charge on any atom is 0.321 e. The monoisotopic (exact) mass is 322 g/mol. The Morgan fingerprint density at radius 2 is 1.88 bits per heavy atom. The number of hydrogen-bond donors (Lipinski definition) is 3. The van der Waals surface area contributed by atoms with Crippen molar-refractivity contribution in [1.29, 1.82) is 0 Å². The Morgan fingerprint density at radius 1 is 1.00 bits per heavy atom. The Balaban J connectivity index is 1.57. The van der Waals surface area contributed by atoms with E-state index in [1.807, 2.05) is 30.3 Å². The predicted molar refractivity (Wildman–Crippen MR) is 88.2 cm³/mol. The van der Waals surface area contributed by atoms with Gasteiger partial charge in [0.15, 0.2) is 0 Å². The van der Waals surface area contributed by atoms with E-state index in [1.54, 1.807) is 12.4 Å². The number of H-pyrrole nitrogens is 1. The van der Waals surface area contributed by atoms with E-state index in [1.165, 1.54) is 12.3 Å². The van der Waals surface area contributed by atoms with E-state index in [0.29, 0.717) is 6.54 Å². The molecule has 2 amide bonds. The zero-order valence-electron chi connectivity index (χ0n) is 12.6. The van der Waals surface area contributed by atoms with Crippen LogP contribution in [0.4, 0.5) is 10.7 Å². The van der Waals surface area contributed by atoms with Crippen molar-refractivity contribution in [2.45, 2.75) is 6.54 Å². The zero-order valence-corrected chi connectivity index (χ0v) is 12.6. The SMILES string of the molecule is O=C(NCc1ccc(-c2ccccn2)nc1)Nc1nccc(=O)[nH]1. The molecule has 3 aromatic rings. The summed E-state index contributed by atoms with van der Waals surface area (Å²) < 4.78 is 0. The molecule has 0 bridgehead atoms. The molecule has 3 aromatic heterocycles. The van der Waals surface area contributed by atoms with Gasteiger partial charge < -0.3 is 5.32 Å². The number of amides is 2. The first-order chi connectivity index (χ1) is 11.7. The van der Waals surface area contributed by atoms with Crippen LogP contribution in [-0.4, -0.2) is 26.0 Å². The van der Waals surface area contributed by atoms with Gasteiger partial charge in [-0.2, -0.15) is 0 Å². The van der Waals surface area contributed by atoms with Crippen LogP contribution in [0.1, 0.15) is 5.56 Å². The fraction of sp³-hybridized carbons (Fsp3) is 0.0625. The maximum atomic E-state index is 11.8. The molecule has 0 radical (unpaired) electrons. The number of nitrogens with one attached hydrogen (secondary N) is 3. The first-order valence-corrected chi connectivity index (χ1v) is 7.17. The van der Waals surface area contributed by atoms with E-state index < -0.39 is 6.03 Å². The van der Waals surface area contributed by atoms with Crippen molar-refractivity contribution in [3.8, 4) is 11.4 Å². The largest absolute Gasteiger partial charge is 0.334 e. The molecule has 3 rings (SSSR count). The molecule has 0 saturated heterocycles. The van der Waals surface area contributed by atoms with Crippen molar-refractivity contribution in [3.63, 3.8) is 0 Å². The smallest absolute Gasteiger partial charge is 0.321 e. The van der Waals surface area contributed by atoms with Crippen molar-refractivity contribution in [2.75, 3.05) is 5.32 Å². The number of urea groups is 1. The van der Waals surface area contributed by atoms with Crippen molar-refractivity contribution < 1.29 is 4.79 Å². The van der Waals surface area contributed by atoms with Crippen LogP contribution in [0.15, 0.2) is 59.8 Å². The molecule has 0 spiro atoms. The highest BCUT2D eigenvalue weighted by Crippen LogP contribution is 2.13. The van der Waals surface area contributed by atoms with Crippen molar-refractivity contribution in [1.82, 2.24) is 25.3 Å². The molecule has 3 N–H and O–H groups in total. The number of pyridine rings is 2. The summed E-state index contributed by atoms with van der Waals surface area (Å²) >= 11 is 0. The molecule has 0 aliphatic heterocycles. The lowest BCUT2D eigenvalue weighted by Crippen LogP contribution is -2.29. The average molecular weight is 322 g/mol. The Bertz CT molecular complexity index is 877. The molecule has 0 aromatic carbocycles. The summed E-state index contributed by atoms with van der Waals surface area (Å²) in [5.41, 5.74) is 2.04. The van der Waals surface area contributed by atoms with Gasteiger partial charge in [-0.25, -0.2) is 9.78 Å². The quantitative estimate of drug-likeness (QED) is 0.674. The Morgan fingerprint density at radius 3 is 2.58 bits per heavy atom. The first kappa shape index (κ1) is 15.3. The molecule has 24 heavy (non-hydrogen) atoms. The van der Waals surface area contributed by atoms with Crippen LogP contribution >= 0.6 is 0 Å². The van der Waals surface area contributed by atoms with E-state index in [2.05, 4.69) is 30.6 Å². The summed E-state index contributed by atoms with van der Waals surface area (Å²) in [7, 11) is 0. The summed E-state index contributed by atoms with van der Waals surface area (Å²) in [4.78, 5) is 37.7. The third kappa shape index (κ3) is 4.01. The number of hydrogen-bond acceptors (Lipinski definition) is 5. The van der Waals surface area contributed by atoms with Gasteiger partial charge in [-0.15, -0.1) is 0 Å². The second kappa shape index (κ2) is 7.14. The van der Waals surface area contributed by atoms with E-state index in [0.717, 1.165) is 17.0 Å². The number of anilines is 1. The number of aromatic nitrogens is 4. The van der Waals surface area contributed by atoms with Gasteiger partial charge in [-0.05, 0) is 23.8 Å². The maximum absolute atomic E-state index is 11.8. The number of rotatable bonds is 4. The van der Waals surface area contributed by atoms with Gasteiger partial charge in [0.2, 0.25) is 5.95 Å². The molecule has 0 atom stereocenters. The highest BCUT2D eigenvalue weighted by atomic mass is 16.2. The molecule has 8 heteroatoms. The van der Waals surface area contributed by atoms with Crippen LogP contribution in [0.5, 0.6) is 0 Å². The molecular formula is C16H14N6O2. The molecule has 0 fully saturated rings. The molecule has 3 heterocycles. The second-order valence-electron chi connectivity index (χ2n) is 4.86. The van der Waals surface area contributed by atoms with Gasteiger partial charge in [-0.3, -0.25) is 25.1 Å². The summed E-state index contributed by atoms with van der Waals surface area (Å²) in [6, 6.07) is 10.1. The molecule has 0 unspecified atom stereocenters. The minimum Gasteiger partial charge on any atom is -0.334 e. The Hall–Kier alpha value is -3.55. The van der Waals surface area contributed by atoms with Gasteiger partial charge in [0.1, 0.15) is 0 Å². The van der Waals surface area contributed by atoms with Gasteiger partial charge >= 0.3 is 6.03 Å². The summed E-state index contributed by atoms with van der Waals surface area (Å²) in [5.74, 6) is 0.0867. The topological polar surface area (TPSA) is 113 Å². The summed E-state index contributed by atoms with van der Waals surface area (Å²) in [6.07, 6.45) is 4.69. The molecule has 0 saturated carbocycles. The Labute approximate surface area is 137 Å². The normalized spacial score (nSPS) is 10.2. The molecule has 0 aliphatic rings. The molecular weight excluding hydrogens is 308 g/mol. The van der Waals surface area contributed by atoms with E-state index >= 15 is 0 Å². The van der Waals surface area contributed by atoms with Gasteiger partial charge in [0.25, 0.3) is 5.56 Å². The second-order valence-corrected chi connectivity index (χ2v) is 4.86. The summed E-state index contributed by atoms with van der Waals surface area (Å²) in [6.45, 7) is 0.290. The highest BCUT2D eigenvalue weighted by Gasteiger charge is 2.04. The fourth-order valence-corrected chi connectivity index (χ4v) is 1.96. The number of carbonyl (C=O) groups is 1. The molecule has 8 nitrogen and oxygen atoms in total. The van der Waals surface area contributed by atoms with Crippen LogP contribution in [-0.2, 0) is 6.54 Å². The third-order valence-electron chi connectivity index (χ3n) is 3.11. The van der Waals surface area contributed by atoms with E-state index in [9.17, 15) is 9.59 Å². The fourth-order valence-electron chi connectivity index (χ4n) is 1.96. The van der Waals surface area contributed by atoms with Crippen LogP contribution in [0.3, 0.4) is 0 Å². The van der Waals surface area contributed by atoms with E-state index in [-0.39, 0.29) is 11.5 Å². The minimum atomic E-state index is -0.474. The van der Waals surface area contributed by atoms with Crippen LogP contribution in [0.2, 0.25) is 0 Å². The van der Waals surface area contributed by atoms with Crippen LogP contribution in [0.25, 0.3) is 11.4 Å². The predicted octanol–water partition coefficient (Wildman–Crippen LogP) is 1.55. The Kier molecular flexibility index (Phi) is 4.57. The van der Waals surface area contributed by atoms with Crippen molar-refractivity contribution >= 4 is 12.0 Å². The molecule has 120 valence electrons. The van der Waals surface area contributed by atoms with Crippen molar-refractivity contribution in [3.05, 3.63) is 70.9 Å². The minimum absolute atomic E-state index is 0.0867. The van der Waals surface area contributed by atoms with Gasteiger partial charge in [-0.1, -0.05) is 12.1 Å². The van der Waals surface area contributed by atoms with Gasteiger partial charge in [0.05, 0.1) is 11.4 Å². The van der Waals surface area contributed by atoms with Crippen LogP contribution < -0.4 is 16.2 Å².